The highest BCUT2D eigenvalue weighted by atomic mass is 127. The zero-order valence-electron chi connectivity index (χ0n) is 15.9. The highest BCUT2D eigenvalue weighted by molar-refractivity contribution is 14.0. The first-order valence-corrected chi connectivity index (χ1v) is 10.3. The van der Waals surface area contributed by atoms with Crippen LogP contribution in [0.2, 0.25) is 0 Å². The first-order valence-electron chi connectivity index (χ1n) is 8.44. The molecule has 0 saturated heterocycles. The molecule has 2 N–H and O–H groups in total. The van der Waals surface area contributed by atoms with Crippen LogP contribution in [0.3, 0.4) is 0 Å². The summed E-state index contributed by atoms with van der Waals surface area (Å²) >= 11 is 0. The molecular weight excluding hydrogens is 449 g/mol. The van der Waals surface area contributed by atoms with Crippen LogP contribution in [0.1, 0.15) is 39.7 Å². The molecule has 1 atom stereocenters. The Morgan fingerprint density at radius 3 is 2.36 bits per heavy atom. The summed E-state index contributed by atoms with van der Waals surface area (Å²) in [7, 11) is -3.15. The van der Waals surface area contributed by atoms with Crippen LogP contribution in [-0.4, -0.2) is 44.5 Å². The van der Waals surface area contributed by atoms with Gasteiger partial charge in [0, 0.05) is 18.8 Å². The quantitative estimate of drug-likeness (QED) is 0.340. The highest BCUT2D eigenvalue weighted by Crippen LogP contribution is 2.15. The summed E-state index contributed by atoms with van der Waals surface area (Å²) in [5.74, 6) is 0.662. The van der Waals surface area contributed by atoms with E-state index in [4.69, 9.17) is 0 Å². The lowest BCUT2D eigenvalue weighted by atomic mass is 10.1. The van der Waals surface area contributed by atoms with E-state index >= 15 is 0 Å². The number of nitrogens with zero attached hydrogens (tertiary/aromatic N) is 1. The van der Waals surface area contributed by atoms with Crippen molar-refractivity contribution in [2.45, 2.75) is 51.3 Å². The van der Waals surface area contributed by atoms with Gasteiger partial charge in [-0.25, -0.2) is 8.42 Å². The monoisotopic (exact) mass is 481 g/mol. The fraction of sp³-hybridized carbons (Fsp3) is 0.611. The predicted octanol–water partition coefficient (Wildman–Crippen LogP) is 3.00. The van der Waals surface area contributed by atoms with Gasteiger partial charge in [-0.05, 0) is 46.1 Å². The number of halogens is 1. The summed E-state index contributed by atoms with van der Waals surface area (Å²) in [6.07, 6.45) is 3.22. The van der Waals surface area contributed by atoms with E-state index in [1.54, 1.807) is 13.8 Å². The Morgan fingerprint density at radius 2 is 1.84 bits per heavy atom. The Morgan fingerprint density at radius 1 is 1.24 bits per heavy atom. The van der Waals surface area contributed by atoms with E-state index in [-0.39, 0.29) is 36.6 Å². The van der Waals surface area contributed by atoms with Crippen LogP contribution in [0.25, 0.3) is 0 Å². The van der Waals surface area contributed by atoms with Gasteiger partial charge in [0.1, 0.15) is 0 Å². The molecule has 0 heterocycles. The van der Waals surface area contributed by atoms with Crippen molar-refractivity contribution in [3.63, 3.8) is 0 Å². The van der Waals surface area contributed by atoms with Gasteiger partial charge >= 0.3 is 0 Å². The topological polar surface area (TPSA) is 70.6 Å². The van der Waals surface area contributed by atoms with Crippen LogP contribution >= 0.6 is 24.0 Å². The summed E-state index contributed by atoms with van der Waals surface area (Å²) in [5.41, 5.74) is 1.31. The highest BCUT2D eigenvalue weighted by Gasteiger charge is 2.30. The van der Waals surface area contributed by atoms with Gasteiger partial charge in [0.25, 0.3) is 0 Å². The number of hydrogen-bond donors (Lipinski definition) is 2. The third-order valence-corrected chi connectivity index (χ3v) is 6.19. The van der Waals surface area contributed by atoms with Gasteiger partial charge in [0.15, 0.2) is 15.8 Å². The molecule has 0 aliphatic rings. The van der Waals surface area contributed by atoms with Gasteiger partial charge in [-0.3, -0.25) is 4.99 Å². The predicted molar refractivity (Wildman–Crippen MR) is 118 cm³/mol. The maximum Gasteiger partial charge on any atom is 0.191 e. The maximum absolute atomic E-state index is 11.8. The second-order valence-electron chi connectivity index (χ2n) is 6.80. The number of nitrogens with one attached hydrogen (secondary N) is 2. The van der Waals surface area contributed by atoms with E-state index < -0.39 is 14.6 Å². The van der Waals surface area contributed by atoms with E-state index in [0.29, 0.717) is 5.96 Å². The first-order chi connectivity index (χ1) is 11.2. The molecule has 0 amide bonds. The third-order valence-electron chi connectivity index (χ3n) is 4.06. The van der Waals surface area contributed by atoms with Crippen molar-refractivity contribution >= 4 is 39.8 Å². The molecule has 144 valence electrons. The first kappa shape index (κ1) is 24.2. The van der Waals surface area contributed by atoms with Crippen LogP contribution in [0.15, 0.2) is 35.3 Å². The van der Waals surface area contributed by atoms with E-state index in [1.165, 1.54) is 11.8 Å². The zero-order chi connectivity index (χ0) is 18.2. The Kier molecular flexibility index (Phi) is 10.6. The minimum Gasteiger partial charge on any atom is -0.357 e. The molecule has 0 fully saturated rings. The number of sulfone groups is 1. The van der Waals surface area contributed by atoms with Gasteiger partial charge in [0.05, 0.1) is 11.3 Å². The summed E-state index contributed by atoms with van der Waals surface area (Å²) in [6.45, 7) is 8.47. The van der Waals surface area contributed by atoms with E-state index in [9.17, 15) is 8.42 Å². The van der Waals surface area contributed by atoms with Crippen molar-refractivity contribution in [3.05, 3.63) is 35.9 Å². The average Bonchev–Trinajstić information content (AvgIpc) is 2.51. The van der Waals surface area contributed by atoms with Crippen LogP contribution in [-0.2, 0) is 16.3 Å². The lowest BCUT2D eigenvalue weighted by molar-refractivity contribution is 0.552. The van der Waals surface area contributed by atoms with Crippen molar-refractivity contribution in [2.24, 2.45) is 4.99 Å². The second kappa shape index (κ2) is 11.0. The standard InChI is InChI=1S/C18H31N3O2S.HI/c1-6-19-17(20-14-18(3,4)24(5,22)23)21-15(2)12-13-16-10-8-7-9-11-16;/h7-11,15H,6,12-14H2,1-5H3,(H2,19,20,21);1H. The van der Waals surface area contributed by atoms with Crippen LogP contribution in [0, 0.1) is 0 Å². The molecule has 0 bridgehead atoms. The Labute approximate surface area is 170 Å². The summed E-state index contributed by atoms with van der Waals surface area (Å²) in [4.78, 5) is 4.46. The smallest absolute Gasteiger partial charge is 0.191 e. The lowest BCUT2D eigenvalue weighted by Gasteiger charge is -2.22. The minimum absolute atomic E-state index is 0. The molecule has 0 aliphatic heterocycles. The Hall–Kier alpha value is -0.830. The molecular formula is C18H32IN3O2S. The van der Waals surface area contributed by atoms with Crippen LogP contribution in [0.4, 0.5) is 0 Å². The van der Waals surface area contributed by atoms with Gasteiger partial charge in [0.2, 0.25) is 0 Å². The maximum atomic E-state index is 11.8. The number of hydrogen-bond acceptors (Lipinski definition) is 3. The third kappa shape index (κ3) is 8.89. The average molecular weight is 481 g/mol. The minimum atomic E-state index is -3.15. The van der Waals surface area contributed by atoms with Crippen molar-refractivity contribution < 1.29 is 8.42 Å². The summed E-state index contributed by atoms with van der Waals surface area (Å²) in [5, 5.41) is 6.54. The Bertz CT molecular complexity index is 631. The fourth-order valence-electron chi connectivity index (χ4n) is 2.04. The summed E-state index contributed by atoms with van der Waals surface area (Å²) < 4.78 is 22.7. The number of aryl methyl sites for hydroxylation is 1. The van der Waals surface area contributed by atoms with Gasteiger partial charge < -0.3 is 10.6 Å². The van der Waals surface area contributed by atoms with Gasteiger partial charge in [-0.15, -0.1) is 24.0 Å². The molecule has 1 unspecified atom stereocenters. The molecule has 5 nitrogen and oxygen atoms in total. The molecule has 0 aromatic heterocycles. The molecule has 7 heteroatoms. The Balaban J connectivity index is 0.00000576. The van der Waals surface area contributed by atoms with Crippen molar-refractivity contribution in [3.8, 4) is 0 Å². The second-order valence-corrected chi connectivity index (χ2v) is 9.45. The lowest BCUT2D eigenvalue weighted by Crippen LogP contribution is -2.44. The molecule has 0 spiro atoms. The van der Waals surface area contributed by atoms with Crippen LogP contribution in [0.5, 0.6) is 0 Å². The number of guanidine groups is 1. The van der Waals surface area contributed by atoms with Crippen molar-refractivity contribution in [1.29, 1.82) is 0 Å². The van der Waals surface area contributed by atoms with E-state index in [0.717, 1.165) is 19.4 Å². The van der Waals surface area contributed by atoms with Crippen molar-refractivity contribution in [2.75, 3.05) is 19.3 Å². The SMILES string of the molecule is CCNC(=NCC(C)(C)S(C)(=O)=O)NC(C)CCc1ccccc1.I. The molecule has 25 heavy (non-hydrogen) atoms. The van der Waals surface area contributed by atoms with E-state index in [2.05, 4.69) is 34.7 Å². The largest absolute Gasteiger partial charge is 0.357 e. The molecule has 1 aromatic carbocycles. The van der Waals surface area contributed by atoms with E-state index in [1.807, 2.05) is 25.1 Å². The molecule has 1 aromatic rings. The number of aliphatic imine (C=N–C) groups is 1. The van der Waals surface area contributed by atoms with Crippen LogP contribution < -0.4 is 10.6 Å². The number of rotatable bonds is 8. The molecule has 0 saturated carbocycles. The fourth-order valence-corrected chi connectivity index (χ4v) is 2.34. The molecule has 0 aliphatic carbocycles. The normalized spacial score (nSPS) is 13.7. The number of benzene rings is 1. The van der Waals surface area contributed by atoms with Gasteiger partial charge in [-0.2, -0.15) is 0 Å². The van der Waals surface area contributed by atoms with Crippen molar-refractivity contribution in [1.82, 2.24) is 10.6 Å². The molecule has 1 rings (SSSR count). The summed E-state index contributed by atoms with van der Waals surface area (Å²) in [6, 6.07) is 10.6. The van der Waals surface area contributed by atoms with Gasteiger partial charge in [-0.1, -0.05) is 30.3 Å². The molecule has 0 radical (unpaired) electrons. The zero-order valence-corrected chi connectivity index (χ0v) is 19.0.